The number of carbonyl (C=O) groups excluding carboxylic acids is 1. The molecule has 0 saturated carbocycles. The molecule has 8 rings (SSSR count). The molecule has 2 aromatic heterocycles. The van der Waals surface area contributed by atoms with Crippen LogP contribution in [0.25, 0.3) is 32.9 Å². The number of hydrogen-bond donors (Lipinski definition) is 0. The van der Waals surface area contributed by atoms with Gasteiger partial charge in [0.1, 0.15) is 47.0 Å². The summed E-state index contributed by atoms with van der Waals surface area (Å²) >= 11 is 0. The van der Waals surface area contributed by atoms with E-state index in [1.54, 1.807) is 18.2 Å². The number of amides is 1. The number of terminal acetylenes is 1. The van der Waals surface area contributed by atoms with Crippen molar-refractivity contribution in [2.24, 2.45) is 0 Å². The van der Waals surface area contributed by atoms with Gasteiger partial charge in [0.25, 0.3) is 0 Å². The third kappa shape index (κ3) is 6.86. The number of carbonyl (C=O) groups is 1. The van der Waals surface area contributed by atoms with Crippen molar-refractivity contribution in [3.05, 3.63) is 47.7 Å². The molecule has 4 aliphatic rings. The van der Waals surface area contributed by atoms with Crippen LogP contribution >= 0.6 is 0 Å². The number of nitrogens with zero attached hydrogens (tertiary/aromatic N) is 6. The maximum atomic E-state index is 17.3. The summed E-state index contributed by atoms with van der Waals surface area (Å²) in [7, 11) is 1.48. The van der Waals surface area contributed by atoms with Crippen molar-refractivity contribution >= 4 is 33.6 Å². The predicted molar refractivity (Wildman–Crippen MR) is 201 cm³/mol. The highest BCUT2D eigenvalue weighted by Crippen LogP contribution is 2.42. The van der Waals surface area contributed by atoms with Gasteiger partial charge in [-0.3, -0.25) is 14.8 Å². The molecule has 0 unspecified atom stereocenters. The SMILES string of the molecule is C#Cc1c(F)ccc2cc(OCOC)cc(-c3ncc4c(N5C[C@H]6CC[C@@H](C5)N6C(=O)OC(C)(C)C)nc(OC[C@@]56CCCCN5C[C@H](F)C6)nc4c3F)c12. The van der Waals surface area contributed by atoms with Crippen LogP contribution in [0.5, 0.6) is 11.8 Å². The molecule has 4 aromatic rings. The Morgan fingerprint density at radius 3 is 2.58 bits per heavy atom. The molecule has 290 valence electrons. The Bertz CT molecular complexity index is 2180. The van der Waals surface area contributed by atoms with Crippen molar-refractivity contribution in [3.8, 4) is 35.4 Å². The molecule has 2 aromatic carbocycles. The van der Waals surface area contributed by atoms with Crippen molar-refractivity contribution < 1.29 is 36.9 Å². The second-order valence-electron chi connectivity index (χ2n) is 16.1. The number of piperazine rings is 1. The van der Waals surface area contributed by atoms with Crippen LogP contribution in [-0.2, 0) is 9.47 Å². The number of halogens is 3. The molecular weight excluding hydrogens is 713 g/mol. The molecule has 0 N–H and O–H groups in total. The summed E-state index contributed by atoms with van der Waals surface area (Å²) in [6.07, 6.45) is 10.6. The zero-order chi connectivity index (χ0) is 38.6. The molecule has 1 amide bonds. The lowest BCUT2D eigenvalue weighted by molar-refractivity contribution is 0.0122. The second kappa shape index (κ2) is 14.3. The Balaban J connectivity index is 1.24. The Kier molecular flexibility index (Phi) is 9.66. The molecule has 6 heterocycles. The van der Waals surface area contributed by atoms with Gasteiger partial charge in [0.15, 0.2) is 12.6 Å². The molecular formula is C41H45F3N6O5. The maximum absolute atomic E-state index is 17.3. The zero-order valence-corrected chi connectivity index (χ0v) is 31.5. The van der Waals surface area contributed by atoms with Crippen LogP contribution in [-0.4, -0.2) is 107 Å². The average molecular weight is 759 g/mol. The second-order valence-corrected chi connectivity index (χ2v) is 16.1. The van der Waals surface area contributed by atoms with Gasteiger partial charge in [-0.2, -0.15) is 9.97 Å². The lowest BCUT2D eigenvalue weighted by Gasteiger charge is -2.42. The van der Waals surface area contributed by atoms with Crippen molar-refractivity contribution in [1.29, 1.82) is 0 Å². The molecule has 14 heteroatoms. The van der Waals surface area contributed by atoms with Crippen LogP contribution < -0.4 is 14.4 Å². The summed E-state index contributed by atoms with van der Waals surface area (Å²) in [5.74, 6) is 1.74. The molecule has 4 saturated heterocycles. The number of aromatic nitrogens is 3. The Morgan fingerprint density at radius 1 is 1.07 bits per heavy atom. The van der Waals surface area contributed by atoms with Crippen LogP contribution in [0.1, 0.15) is 64.9 Å². The number of alkyl halides is 1. The van der Waals surface area contributed by atoms with Gasteiger partial charge in [0.05, 0.1) is 28.6 Å². The Hall–Kier alpha value is -4.87. The van der Waals surface area contributed by atoms with Gasteiger partial charge in [-0.15, -0.1) is 6.42 Å². The highest BCUT2D eigenvalue weighted by Gasteiger charge is 2.48. The van der Waals surface area contributed by atoms with Crippen molar-refractivity contribution in [1.82, 2.24) is 24.8 Å². The van der Waals surface area contributed by atoms with E-state index in [1.165, 1.54) is 19.4 Å². The minimum absolute atomic E-state index is 0.0446. The lowest BCUT2D eigenvalue weighted by atomic mass is 9.87. The first kappa shape index (κ1) is 37.1. The largest absolute Gasteiger partial charge is 0.468 e. The average Bonchev–Trinajstić information content (AvgIpc) is 3.63. The van der Waals surface area contributed by atoms with Gasteiger partial charge in [0, 0.05) is 50.3 Å². The topological polar surface area (TPSA) is 102 Å². The minimum Gasteiger partial charge on any atom is -0.468 e. The normalized spacial score (nSPS) is 23.9. The summed E-state index contributed by atoms with van der Waals surface area (Å²) in [6, 6.07) is 5.65. The number of pyridine rings is 1. The first-order valence-electron chi connectivity index (χ1n) is 18.9. The van der Waals surface area contributed by atoms with Crippen LogP contribution in [0.4, 0.5) is 23.8 Å². The monoisotopic (exact) mass is 758 g/mol. The standard InChI is InChI=1S/C41H45F3N6O5/c1-6-29-32(43)12-9-24-15-28(54-23-52-5)16-30(33(24)29)35-34(44)36-31(18-45-35)37(48-20-26-10-11-27(21-48)50(26)39(51)55-40(2,3)4)47-38(46-36)53-22-41-13-7-8-14-49(41)19-25(42)17-41/h1,9,12,15-16,18,25-27H,7-8,10-11,13-14,17,19-23H2,2-5H3/t25-,26-,27+,41+/m1/s1. The molecule has 0 radical (unpaired) electrons. The van der Waals surface area contributed by atoms with Crippen LogP contribution in [0.3, 0.4) is 0 Å². The zero-order valence-electron chi connectivity index (χ0n) is 31.5. The van der Waals surface area contributed by atoms with E-state index in [1.807, 2.05) is 30.6 Å². The summed E-state index contributed by atoms with van der Waals surface area (Å²) in [5, 5.41) is 1.14. The summed E-state index contributed by atoms with van der Waals surface area (Å²) in [5.41, 5.74) is -1.18. The van der Waals surface area contributed by atoms with Gasteiger partial charge >= 0.3 is 12.1 Å². The van der Waals surface area contributed by atoms with E-state index >= 15 is 8.78 Å². The number of methoxy groups -OCH3 is 1. The van der Waals surface area contributed by atoms with Gasteiger partial charge in [0.2, 0.25) is 0 Å². The van der Waals surface area contributed by atoms with E-state index in [0.29, 0.717) is 48.4 Å². The van der Waals surface area contributed by atoms with Gasteiger partial charge in [-0.05, 0) is 76.6 Å². The number of ether oxygens (including phenoxy) is 4. The minimum atomic E-state index is -0.964. The fraction of sp³-hybridized carbons (Fsp3) is 0.512. The van der Waals surface area contributed by atoms with E-state index in [9.17, 15) is 9.18 Å². The molecule has 55 heavy (non-hydrogen) atoms. The Labute approximate surface area is 318 Å². The number of fused-ring (bicyclic) bond motifs is 5. The maximum Gasteiger partial charge on any atom is 0.410 e. The van der Waals surface area contributed by atoms with Crippen molar-refractivity contribution in [2.45, 2.75) is 88.7 Å². The lowest BCUT2D eigenvalue weighted by Crippen LogP contribution is -2.57. The summed E-state index contributed by atoms with van der Waals surface area (Å²) < 4.78 is 70.3. The molecule has 4 atom stereocenters. The fourth-order valence-corrected chi connectivity index (χ4v) is 8.96. The van der Waals surface area contributed by atoms with Crippen molar-refractivity contribution in [2.75, 3.05) is 51.6 Å². The molecule has 0 spiro atoms. The van der Waals surface area contributed by atoms with Gasteiger partial charge in [-0.1, -0.05) is 18.4 Å². The molecule has 4 aliphatic heterocycles. The van der Waals surface area contributed by atoms with E-state index in [-0.39, 0.29) is 65.3 Å². The predicted octanol–water partition coefficient (Wildman–Crippen LogP) is 7.02. The van der Waals surface area contributed by atoms with Crippen LogP contribution in [0.2, 0.25) is 0 Å². The first-order valence-corrected chi connectivity index (χ1v) is 18.9. The highest BCUT2D eigenvalue weighted by molar-refractivity contribution is 6.03. The molecule has 0 aliphatic carbocycles. The number of hydrogen-bond acceptors (Lipinski definition) is 10. The third-order valence-electron chi connectivity index (χ3n) is 11.3. The van der Waals surface area contributed by atoms with Crippen LogP contribution in [0, 0.1) is 24.0 Å². The van der Waals surface area contributed by atoms with Gasteiger partial charge < -0.3 is 23.8 Å². The van der Waals surface area contributed by atoms with Crippen molar-refractivity contribution in [3.63, 3.8) is 0 Å². The number of anilines is 1. The first-order chi connectivity index (χ1) is 26.4. The van der Waals surface area contributed by atoms with E-state index in [0.717, 1.165) is 38.6 Å². The summed E-state index contributed by atoms with van der Waals surface area (Å²) in [6.45, 7) is 7.55. The number of rotatable bonds is 8. The number of benzene rings is 2. The molecule has 4 fully saturated rings. The third-order valence-corrected chi connectivity index (χ3v) is 11.3. The summed E-state index contributed by atoms with van der Waals surface area (Å²) in [4.78, 5) is 33.4. The highest BCUT2D eigenvalue weighted by atomic mass is 19.1. The smallest absolute Gasteiger partial charge is 0.410 e. The van der Waals surface area contributed by atoms with Crippen LogP contribution in [0.15, 0.2) is 30.5 Å². The van der Waals surface area contributed by atoms with E-state index in [4.69, 9.17) is 30.4 Å². The fourth-order valence-electron chi connectivity index (χ4n) is 8.96. The van der Waals surface area contributed by atoms with Gasteiger partial charge in [-0.25, -0.2) is 18.0 Å². The quantitative estimate of drug-likeness (QED) is 0.138. The molecule has 2 bridgehead atoms. The number of piperidine rings is 1. The molecule has 11 nitrogen and oxygen atoms in total. The van der Waals surface area contributed by atoms with E-state index in [2.05, 4.69) is 20.8 Å². The Morgan fingerprint density at radius 2 is 1.85 bits per heavy atom. The van der Waals surface area contributed by atoms with E-state index < -0.39 is 28.9 Å².